The van der Waals surface area contributed by atoms with E-state index < -0.39 is 0 Å². The van der Waals surface area contributed by atoms with Crippen molar-refractivity contribution in [3.63, 3.8) is 0 Å². The highest BCUT2D eigenvalue weighted by atomic mass is 35.5. The maximum Gasteiger partial charge on any atom is 0.0622 e. The van der Waals surface area contributed by atoms with Crippen molar-refractivity contribution in [2.45, 2.75) is 12.3 Å². The number of benzene rings is 1. The molecule has 1 aromatic rings. The fourth-order valence-electron chi connectivity index (χ4n) is 1.39. The molecule has 0 aliphatic heterocycles. The van der Waals surface area contributed by atoms with Gasteiger partial charge in [0.05, 0.1) is 5.38 Å². The molecule has 0 bridgehead atoms. The standard InChI is InChI=1S/C11H16ClN/c1-9(8-13-2)11(12)10-6-4-3-5-7-10/h3-7,9,11,13H,8H2,1-2H3/t9-,11-/m1/s1. The molecule has 13 heavy (non-hydrogen) atoms. The van der Waals surface area contributed by atoms with Crippen molar-refractivity contribution >= 4 is 11.6 Å². The minimum Gasteiger partial charge on any atom is -0.319 e. The zero-order chi connectivity index (χ0) is 9.68. The monoisotopic (exact) mass is 197 g/mol. The lowest BCUT2D eigenvalue weighted by Crippen LogP contribution is -2.19. The quantitative estimate of drug-likeness (QED) is 0.733. The van der Waals surface area contributed by atoms with Crippen molar-refractivity contribution in [2.75, 3.05) is 13.6 Å². The van der Waals surface area contributed by atoms with Crippen molar-refractivity contribution in [1.29, 1.82) is 0 Å². The molecule has 1 rings (SSSR count). The fraction of sp³-hybridized carbons (Fsp3) is 0.455. The molecule has 0 fully saturated rings. The van der Waals surface area contributed by atoms with E-state index in [0.717, 1.165) is 6.54 Å². The zero-order valence-corrected chi connectivity index (χ0v) is 8.88. The van der Waals surface area contributed by atoms with E-state index in [4.69, 9.17) is 11.6 Å². The molecule has 0 radical (unpaired) electrons. The molecular formula is C11H16ClN. The minimum atomic E-state index is 0.105. The maximum absolute atomic E-state index is 6.30. The maximum atomic E-state index is 6.30. The van der Waals surface area contributed by atoms with Gasteiger partial charge in [0.25, 0.3) is 0 Å². The second-order valence-corrected chi connectivity index (χ2v) is 3.82. The molecule has 0 aliphatic carbocycles. The van der Waals surface area contributed by atoms with Crippen LogP contribution in [0.2, 0.25) is 0 Å². The Hall–Kier alpha value is -0.530. The molecule has 72 valence electrons. The number of hydrogen-bond donors (Lipinski definition) is 1. The van der Waals surface area contributed by atoms with E-state index in [0.29, 0.717) is 5.92 Å². The predicted molar refractivity (Wildman–Crippen MR) is 58.1 cm³/mol. The van der Waals surface area contributed by atoms with Crippen LogP contribution in [0, 0.1) is 5.92 Å². The number of halogens is 1. The van der Waals surface area contributed by atoms with Gasteiger partial charge in [-0.3, -0.25) is 0 Å². The second kappa shape index (κ2) is 5.25. The Morgan fingerprint density at radius 1 is 1.31 bits per heavy atom. The van der Waals surface area contributed by atoms with Crippen LogP contribution in [0.3, 0.4) is 0 Å². The van der Waals surface area contributed by atoms with Crippen LogP contribution in [0.1, 0.15) is 17.9 Å². The highest BCUT2D eigenvalue weighted by Crippen LogP contribution is 2.27. The Bertz CT molecular complexity index is 235. The summed E-state index contributed by atoms with van der Waals surface area (Å²) >= 11 is 6.30. The van der Waals surface area contributed by atoms with Gasteiger partial charge in [-0.05, 0) is 25.1 Å². The topological polar surface area (TPSA) is 12.0 Å². The number of alkyl halides is 1. The minimum absolute atomic E-state index is 0.105. The van der Waals surface area contributed by atoms with Gasteiger partial charge < -0.3 is 5.32 Å². The lowest BCUT2D eigenvalue weighted by Gasteiger charge is -2.17. The molecule has 0 unspecified atom stereocenters. The molecule has 1 aromatic carbocycles. The summed E-state index contributed by atoms with van der Waals surface area (Å²) in [5.74, 6) is 0.453. The van der Waals surface area contributed by atoms with Gasteiger partial charge in [0.15, 0.2) is 0 Å². The molecule has 0 aliphatic rings. The summed E-state index contributed by atoms with van der Waals surface area (Å²) in [6.45, 7) is 3.10. The van der Waals surface area contributed by atoms with Crippen LogP contribution in [0.4, 0.5) is 0 Å². The van der Waals surface area contributed by atoms with Crippen molar-refractivity contribution < 1.29 is 0 Å². The highest BCUT2D eigenvalue weighted by Gasteiger charge is 2.14. The van der Waals surface area contributed by atoms with E-state index in [2.05, 4.69) is 24.4 Å². The van der Waals surface area contributed by atoms with E-state index >= 15 is 0 Å². The van der Waals surface area contributed by atoms with Crippen molar-refractivity contribution in [3.8, 4) is 0 Å². The number of nitrogens with one attached hydrogen (secondary N) is 1. The van der Waals surface area contributed by atoms with Crippen molar-refractivity contribution in [2.24, 2.45) is 5.92 Å². The molecule has 2 heteroatoms. The van der Waals surface area contributed by atoms with Crippen LogP contribution in [-0.4, -0.2) is 13.6 Å². The first-order chi connectivity index (χ1) is 6.25. The van der Waals surface area contributed by atoms with E-state index in [1.165, 1.54) is 5.56 Å². The van der Waals surface area contributed by atoms with E-state index in [-0.39, 0.29) is 5.38 Å². The third kappa shape index (κ3) is 3.02. The Labute approximate surface area is 85.1 Å². The van der Waals surface area contributed by atoms with Crippen LogP contribution >= 0.6 is 11.6 Å². The second-order valence-electron chi connectivity index (χ2n) is 3.35. The van der Waals surface area contributed by atoms with Crippen molar-refractivity contribution in [3.05, 3.63) is 35.9 Å². The van der Waals surface area contributed by atoms with Crippen LogP contribution < -0.4 is 5.32 Å². The summed E-state index contributed by atoms with van der Waals surface area (Å²) in [6.07, 6.45) is 0. The Kier molecular flexibility index (Phi) is 4.26. The van der Waals surface area contributed by atoms with Gasteiger partial charge in [-0.15, -0.1) is 11.6 Å². The van der Waals surface area contributed by atoms with E-state index in [9.17, 15) is 0 Å². The average Bonchev–Trinajstić information content (AvgIpc) is 2.18. The molecule has 1 N–H and O–H groups in total. The molecule has 0 spiro atoms. The first kappa shape index (κ1) is 10.6. The average molecular weight is 198 g/mol. The predicted octanol–water partition coefficient (Wildman–Crippen LogP) is 2.82. The lowest BCUT2D eigenvalue weighted by molar-refractivity contribution is 0.527. The van der Waals surface area contributed by atoms with Crippen LogP contribution in [0.5, 0.6) is 0 Å². The highest BCUT2D eigenvalue weighted by molar-refractivity contribution is 6.21. The smallest absolute Gasteiger partial charge is 0.0622 e. The zero-order valence-electron chi connectivity index (χ0n) is 8.13. The summed E-state index contributed by atoms with van der Waals surface area (Å²) in [5.41, 5.74) is 1.20. The summed E-state index contributed by atoms with van der Waals surface area (Å²) in [6, 6.07) is 10.2. The van der Waals surface area contributed by atoms with Gasteiger partial charge in [0, 0.05) is 0 Å². The third-order valence-corrected chi connectivity index (χ3v) is 2.83. The van der Waals surface area contributed by atoms with Crippen molar-refractivity contribution in [1.82, 2.24) is 5.32 Å². The van der Waals surface area contributed by atoms with Crippen LogP contribution in [0.15, 0.2) is 30.3 Å². The summed E-state index contributed by atoms with van der Waals surface area (Å²) in [4.78, 5) is 0. The number of hydrogen-bond acceptors (Lipinski definition) is 1. The van der Waals surface area contributed by atoms with E-state index in [1.54, 1.807) is 0 Å². The third-order valence-electron chi connectivity index (χ3n) is 2.14. The fourth-order valence-corrected chi connectivity index (χ4v) is 1.63. The Balaban J connectivity index is 2.62. The van der Waals surface area contributed by atoms with Gasteiger partial charge in [0.1, 0.15) is 0 Å². The molecule has 0 aromatic heterocycles. The largest absolute Gasteiger partial charge is 0.319 e. The molecule has 0 amide bonds. The van der Waals surface area contributed by atoms with Gasteiger partial charge >= 0.3 is 0 Å². The lowest BCUT2D eigenvalue weighted by atomic mass is 10.0. The van der Waals surface area contributed by atoms with Crippen LogP contribution in [0.25, 0.3) is 0 Å². The Morgan fingerprint density at radius 2 is 1.92 bits per heavy atom. The molecular weight excluding hydrogens is 182 g/mol. The SMILES string of the molecule is CNC[C@@H](C)[C@@H](Cl)c1ccccc1. The van der Waals surface area contributed by atoms with Gasteiger partial charge in [-0.1, -0.05) is 37.3 Å². The summed E-state index contributed by atoms with van der Waals surface area (Å²) in [5, 5.41) is 3.24. The molecule has 0 heterocycles. The summed E-state index contributed by atoms with van der Waals surface area (Å²) in [7, 11) is 1.95. The van der Waals surface area contributed by atoms with Gasteiger partial charge in [-0.2, -0.15) is 0 Å². The number of rotatable bonds is 4. The first-order valence-corrected chi connectivity index (χ1v) is 5.03. The molecule has 1 nitrogen and oxygen atoms in total. The molecule has 2 atom stereocenters. The van der Waals surface area contributed by atoms with Crippen LogP contribution in [-0.2, 0) is 0 Å². The Morgan fingerprint density at radius 3 is 2.46 bits per heavy atom. The van der Waals surface area contributed by atoms with E-state index in [1.807, 2.05) is 25.2 Å². The molecule has 0 saturated carbocycles. The normalized spacial score (nSPS) is 15.3. The van der Waals surface area contributed by atoms with Gasteiger partial charge in [-0.25, -0.2) is 0 Å². The molecule has 0 saturated heterocycles. The first-order valence-electron chi connectivity index (χ1n) is 4.59. The van der Waals surface area contributed by atoms with Gasteiger partial charge in [0.2, 0.25) is 0 Å². The summed E-state index contributed by atoms with van der Waals surface area (Å²) < 4.78 is 0.